The van der Waals surface area contributed by atoms with E-state index in [1.54, 1.807) is 12.1 Å². The van der Waals surface area contributed by atoms with Crippen molar-refractivity contribution in [1.29, 1.82) is 0 Å². The lowest BCUT2D eigenvalue weighted by Gasteiger charge is -2.17. The molecule has 0 spiro atoms. The van der Waals surface area contributed by atoms with Crippen LogP contribution < -0.4 is 10.4 Å². The van der Waals surface area contributed by atoms with Gasteiger partial charge < -0.3 is 14.1 Å². The number of ether oxygens (including phenoxy) is 1. The Kier molecular flexibility index (Phi) is 6.55. The van der Waals surface area contributed by atoms with Crippen LogP contribution in [-0.2, 0) is 0 Å². The monoisotopic (exact) mass is 297 g/mol. The van der Waals surface area contributed by atoms with Gasteiger partial charge in [-0.1, -0.05) is 13.8 Å². The largest absolute Gasteiger partial charge is 0.492 e. The second-order valence-electron chi connectivity index (χ2n) is 4.33. The number of nitrogens with zero attached hydrogens (tertiary/aromatic N) is 1. The lowest BCUT2D eigenvalue weighted by Crippen LogP contribution is -2.27. The summed E-state index contributed by atoms with van der Waals surface area (Å²) in [5.41, 5.74) is 0.223. The molecule has 110 valence electrons. The number of likely N-dealkylation sites (N-methyl/N-ethyl adjacent to an activating group) is 1. The summed E-state index contributed by atoms with van der Waals surface area (Å²) in [4.78, 5) is 13.5. The molecule has 0 aliphatic carbocycles. The highest BCUT2D eigenvalue weighted by Crippen LogP contribution is 2.19. The van der Waals surface area contributed by atoms with Crippen LogP contribution in [0.1, 0.15) is 13.8 Å². The van der Waals surface area contributed by atoms with Gasteiger partial charge in [0.2, 0.25) is 0 Å². The molecule has 0 unspecified atom stereocenters. The molecule has 2 rings (SSSR count). The Morgan fingerprint density at radius 2 is 1.85 bits per heavy atom. The Hall–Kier alpha value is -1.52. The molecule has 5 heteroatoms. The molecule has 0 saturated heterocycles. The Bertz CT molecular complexity index is 593. The minimum absolute atomic E-state index is 0. The number of rotatable bonds is 6. The van der Waals surface area contributed by atoms with E-state index in [1.165, 1.54) is 6.07 Å². The number of halogens is 1. The highest BCUT2D eigenvalue weighted by atomic mass is 35.5. The minimum atomic E-state index is -0.340. The van der Waals surface area contributed by atoms with Gasteiger partial charge in [0, 0.05) is 24.1 Å². The quantitative estimate of drug-likeness (QED) is 0.769. The van der Waals surface area contributed by atoms with Gasteiger partial charge in [-0.3, -0.25) is 0 Å². The molecular weight excluding hydrogens is 278 g/mol. The maximum atomic E-state index is 11.2. The van der Waals surface area contributed by atoms with E-state index in [-0.39, 0.29) is 18.0 Å². The van der Waals surface area contributed by atoms with Crippen LogP contribution in [-0.4, -0.2) is 31.1 Å². The average Bonchev–Trinajstić information content (AvgIpc) is 2.43. The van der Waals surface area contributed by atoms with Crippen LogP contribution >= 0.6 is 12.4 Å². The third-order valence-electron chi connectivity index (χ3n) is 3.17. The molecule has 1 aromatic heterocycles. The van der Waals surface area contributed by atoms with Crippen molar-refractivity contribution >= 4 is 23.4 Å². The first-order chi connectivity index (χ1) is 9.22. The lowest BCUT2D eigenvalue weighted by molar-refractivity contribution is 0.223. The summed E-state index contributed by atoms with van der Waals surface area (Å²) >= 11 is 0. The number of hydrogen-bond donors (Lipinski definition) is 0. The molecule has 0 fully saturated rings. The topological polar surface area (TPSA) is 42.7 Å². The molecular formula is C15H20ClNO3. The van der Waals surface area contributed by atoms with Crippen LogP contribution in [0.2, 0.25) is 0 Å². The molecule has 0 bridgehead atoms. The zero-order valence-corrected chi connectivity index (χ0v) is 12.6. The van der Waals surface area contributed by atoms with Crippen molar-refractivity contribution in [2.45, 2.75) is 13.8 Å². The molecule has 0 aliphatic rings. The molecule has 0 atom stereocenters. The highest BCUT2D eigenvalue weighted by molar-refractivity contribution is 5.85. The van der Waals surface area contributed by atoms with Crippen molar-refractivity contribution in [3.05, 3.63) is 40.8 Å². The standard InChI is InChI=1S/C15H19NO3.ClH/c1-3-16(4-2)9-10-18-13-7-5-12-6-8-15(17)19-14(12)11-13;/h5-8,11H,3-4,9-10H2,1-2H3;1H. The van der Waals surface area contributed by atoms with Gasteiger partial charge in [-0.15, -0.1) is 12.4 Å². The Labute approximate surface area is 124 Å². The van der Waals surface area contributed by atoms with Crippen molar-refractivity contribution in [1.82, 2.24) is 4.90 Å². The van der Waals surface area contributed by atoms with Gasteiger partial charge in [0.1, 0.15) is 17.9 Å². The van der Waals surface area contributed by atoms with Crippen molar-refractivity contribution in [2.24, 2.45) is 0 Å². The maximum absolute atomic E-state index is 11.2. The fourth-order valence-electron chi connectivity index (χ4n) is 1.96. The van der Waals surface area contributed by atoms with Crippen LogP contribution in [0.15, 0.2) is 39.5 Å². The van der Waals surface area contributed by atoms with Gasteiger partial charge in [-0.05, 0) is 31.3 Å². The summed E-state index contributed by atoms with van der Waals surface area (Å²) in [6, 6.07) is 8.72. The molecule has 0 aliphatic heterocycles. The summed E-state index contributed by atoms with van der Waals surface area (Å²) in [5.74, 6) is 0.731. The maximum Gasteiger partial charge on any atom is 0.336 e. The molecule has 20 heavy (non-hydrogen) atoms. The first-order valence-electron chi connectivity index (χ1n) is 6.62. The van der Waals surface area contributed by atoms with Crippen molar-refractivity contribution in [3.8, 4) is 5.75 Å². The van der Waals surface area contributed by atoms with Crippen molar-refractivity contribution in [2.75, 3.05) is 26.2 Å². The molecule has 1 aromatic carbocycles. The average molecular weight is 298 g/mol. The molecule has 0 saturated carbocycles. The fraction of sp³-hybridized carbons (Fsp3) is 0.400. The number of hydrogen-bond acceptors (Lipinski definition) is 4. The van der Waals surface area contributed by atoms with E-state index in [1.807, 2.05) is 12.1 Å². The smallest absolute Gasteiger partial charge is 0.336 e. The highest BCUT2D eigenvalue weighted by Gasteiger charge is 2.02. The third-order valence-corrected chi connectivity index (χ3v) is 3.17. The minimum Gasteiger partial charge on any atom is -0.492 e. The van der Waals surface area contributed by atoms with Gasteiger partial charge in [-0.2, -0.15) is 0 Å². The van der Waals surface area contributed by atoms with E-state index in [0.717, 1.165) is 30.8 Å². The predicted molar refractivity (Wildman–Crippen MR) is 83.0 cm³/mol. The summed E-state index contributed by atoms with van der Waals surface area (Å²) in [5, 5.41) is 0.899. The Morgan fingerprint density at radius 1 is 1.15 bits per heavy atom. The summed E-state index contributed by atoms with van der Waals surface area (Å²) in [6.45, 7) is 7.83. The second-order valence-corrected chi connectivity index (χ2v) is 4.33. The molecule has 2 aromatic rings. The van der Waals surface area contributed by atoms with E-state index >= 15 is 0 Å². The van der Waals surface area contributed by atoms with Crippen LogP contribution in [0.5, 0.6) is 5.75 Å². The molecule has 1 heterocycles. The normalized spacial score (nSPS) is 10.6. The summed E-state index contributed by atoms with van der Waals surface area (Å²) < 4.78 is 10.8. The van der Waals surface area contributed by atoms with Gasteiger partial charge >= 0.3 is 5.63 Å². The first kappa shape index (κ1) is 16.5. The van der Waals surface area contributed by atoms with Gasteiger partial charge in [0.05, 0.1) is 0 Å². The SMILES string of the molecule is CCN(CC)CCOc1ccc2ccc(=O)oc2c1.Cl. The number of benzene rings is 1. The van der Waals surface area contributed by atoms with E-state index in [2.05, 4.69) is 18.7 Å². The molecule has 0 N–H and O–H groups in total. The molecule has 4 nitrogen and oxygen atoms in total. The van der Waals surface area contributed by atoms with Gasteiger partial charge in [0.25, 0.3) is 0 Å². The molecule has 0 radical (unpaired) electrons. The zero-order chi connectivity index (χ0) is 13.7. The first-order valence-corrected chi connectivity index (χ1v) is 6.62. The lowest BCUT2D eigenvalue weighted by atomic mass is 10.2. The van der Waals surface area contributed by atoms with E-state index < -0.39 is 0 Å². The van der Waals surface area contributed by atoms with Crippen molar-refractivity contribution in [3.63, 3.8) is 0 Å². The van der Waals surface area contributed by atoms with Crippen LogP contribution in [0, 0.1) is 0 Å². The van der Waals surface area contributed by atoms with E-state index in [4.69, 9.17) is 9.15 Å². The number of fused-ring (bicyclic) bond motifs is 1. The molecule has 0 amide bonds. The Balaban J connectivity index is 0.00000200. The summed E-state index contributed by atoms with van der Waals surface area (Å²) in [7, 11) is 0. The predicted octanol–water partition coefficient (Wildman–Crippen LogP) is 2.94. The second kappa shape index (κ2) is 7.92. The van der Waals surface area contributed by atoms with Crippen LogP contribution in [0.4, 0.5) is 0 Å². The zero-order valence-electron chi connectivity index (χ0n) is 11.8. The van der Waals surface area contributed by atoms with E-state index in [9.17, 15) is 4.79 Å². The Morgan fingerprint density at radius 3 is 2.55 bits per heavy atom. The van der Waals surface area contributed by atoms with Gasteiger partial charge in [-0.25, -0.2) is 4.79 Å². The van der Waals surface area contributed by atoms with Crippen LogP contribution in [0.25, 0.3) is 11.0 Å². The fourth-order valence-corrected chi connectivity index (χ4v) is 1.96. The van der Waals surface area contributed by atoms with E-state index in [0.29, 0.717) is 12.2 Å². The van der Waals surface area contributed by atoms with Crippen LogP contribution in [0.3, 0.4) is 0 Å². The van der Waals surface area contributed by atoms with Crippen molar-refractivity contribution < 1.29 is 9.15 Å². The summed E-state index contributed by atoms with van der Waals surface area (Å²) in [6.07, 6.45) is 0. The third kappa shape index (κ3) is 4.25. The van der Waals surface area contributed by atoms with Gasteiger partial charge in [0.15, 0.2) is 0 Å².